The van der Waals surface area contributed by atoms with Gasteiger partial charge in [0.2, 0.25) is 0 Å². The normalized spacial score (nSPS) is 11.7. The van der Waals surface area contributed by atoms with Gasteiger partial charge in [0.05, 0.1) is 21.7 Å². The summed E-state index contributed by atoms with van der Waals surface area (Å²) in [5, 5.41) is 4.55. The van der Waals surface area contributed by atoms with E-state index in [2.05, 4.69) is 10.1 Å². The van der Waals surface area contributed by atoms with Gasteiger partial charge in [0, 0.05) is 30.8 Å². The molecule has 0 aliphatic rings. The Morgan fingerprint density at radius 1 is 1.20 bits per heavy atom. The number of carbonyl (C=O) groups excluding carboxylic acids is 1. The van der Waals surface area contributed by atoms with E-state index in [9.17, 15) is 17.6 Å². The number of thiazole rings is 1. The highest BCUT2D eigenvalue weighted by molar-refractivity contribution is 7.90. The molecule has 10 heteroatoms. The molecule has 154 valence electrons. The first-order valence-electron chi connectivity index (χ1n) is 8.97. The molecule has 0 atom stereocenters. The largest absolute Gasteiger partial charge is 0.282 e. The smallest absolute Gasteiger partial charge is 0.260 e. The van der Waals surface area contributed by atoms with Crippen LogP contribution >= 0.6 is 11.3 Å². The number of aromatic nitrogens is 3. The van der Waals surface area contributed by atoms with E-state index in [-0.39, 0.29) is 22.8 Å². The Balaban J connectivity index is 1.73. The Labute approximate surface area is 176 Å². The zero-order valence-electron chi connectivity index (χ0n) is 15.9. The van der Waals surface area contributed by atoms with Crippen LogP contribution in [0.15, 0.2) is 65.8 Å². The summed E-state index contributed by atoms with van der Waals surface area (Å²) in [6, 6.07) is 11.9. The van der Waals surface area contributed by atoms with Gasteiger partial charge in [-0.1, -0.05) is 17.4 Å². The molecule has 0 fully saturated rings. The van der Waals surface area contributed by atoms with Gasteiger partial charge in [-0.05, 0) is 42.5 Å². The first kappa shape index (κ1) is 20.2. The number of rotatable bonds is 6. The molecule has 0 radical (unpaired) electrons. The number of anilines is 1. The van der Waals surface area contributed by atoms with Crippen molar-refractivity contribution < 1.29 is 17.6 Å². The van der Waals surface area contributed by atoms with Crippen LogP contribution in [0.4, 0.5) is 9.52 Å². The summed E-state index contributed by atoms with van der Waals surface area (Å²) in [4.78, 5) is 19.3. The summed E-state index contributed by atoms with van der Waals surface area (Å²) < 4.78 is 39.7. The number of halogens is 1. The Hall–Kier alpha value is -3.11. The fourth-order valence-electron chi connectivity index (χ4n) is 2.94. The molecule has 0 aliphatic heterocycles. The third kappa shape index (κ3) is 4.24. The van der Waals surface area contributed by atoms with Crippen molar-refractivity contribution >= 4 is 42.4 Å². The molecule has 2 aromatic heterocycles. The van der Waals surface area contributed by atoms with Crippen molar-refractivity contribution in [2.24, 2.45) is 0 Å². The highest BCUT2D eigenvalue weighted by Gasteiger charge is 2.23. The Kier molecular flexibility index (Phi) is 5.35. The van der Waals surface area contributed by atoms with Crippen LogP contribution in [0.1, 0.15) is 10.4 Å². The third-order valence-corrected chi connectivity index (χ3v) is 6.59. The first-order chi connectivity index (χ1) is 14.3. The summed E-state index contributed by atoms with van der Waals surface area (Å²) in [6.45, 7) is 0.667. The Morgan fingerprint density at radius 2 is 2.03 bits per heavy atom. The molecule has 2 aromatic carbocycles. The second-order valence-electron chi connectivity index (χ2n) is 6.63. The molecule has 0 aliphatic carbocycles. The second-order valence-corrected chi connectivity index (χ2v) is 9.66. The summed E-state index contributed by atoms with van der Waals surface area (Å²) in [5.74, 6) is -0.778. The highest BCUT2D eigenvalue weighted by Crippen LogP contribution is 2.30. The molecule has 7 nitrogen and oxygen atoms in total. The standard InChI is InChI=1S/C20H17FN4O3S2/c1-30(27,28)16-5-2-4-14(12-16)19(26)25(11-10-24-9-3-8-22-24)20-23-17-7-6-15(21)13-18(17)29-20/h2-9,12-13H,10-11H2,1H3. The van der Waals surface area contributed by atoms with Gasteiger partial charge in [-0.15, -0.1) is 0 Å². The average Bonchev–Trinajstić information content (AvgIpc) is 3.37. The van der Waals surface area contributed by atoms with Crippen molar-refractivity contribution in [2.45, 2.75) is 11.4 Å². The van der Waals surface area contributed by atoms with Gasteiger partial charge in [0.1, 0.15) is 5.82 Å². The maximum Gasteiger partial charge on any atom is 0.260 e. The number of sulfone groups is 1. The lowest BCUT2D eigenvalue weighted by Crippen LogP contribution is -2.34. The summed E-state index contributed by atoms with van der Waals surface area (Å²) in [5.41, 5.74) is 0.807. The summed E-state index contributed by atoms with van der Waals surface area (Å²) >= 11 is 1.20. The lowest BCUT2D eigenvalue weighted by molar-refractivity contribution is 0.0985. The van der Waals surface area contributed by atoms with E-state index < -0.39 is 15.7 Å². The number of fused-ring (bicyclic) bond motifs is 1. The molecule has 0 bridgehead atoms. The second kappa shape index (κ2) is 7.96. The minimum atomic E-state index is -3.46. The van der Waals surface area contributed by atoms with Crippen LogP contribution in [0, 0.1) is 5.82 Å². The minimum absolute atomic E-state index is 0.0618. The van der Waals surface area contributed by atoms with Crippen LogP contribution in [0.3, 0.4) is 0 Å². The molecule has 4 aromatic rings. The molecule has 0 N–H and O–H groups in total. The van der Waals surface area contributed by atoms with E-state index in [4.69, 9.17) is 0 Å². The molecule has 4 rings (SSSR count). The van der Waals surface area contributed by atoms with Crippen molar-refractivity contribution in [3.8, 4) is 0 Å². The molecule has 0 saturated heterocycles. The van der Waals surface area contributed by atoms with E-state index in [0.717, 1.165) is 6.26 Å². The van der Waals surface area contributed by atoms with Crippen LogP contribution in [0.5, 0.6) is 0 Å². The fraction of sp³-hybridized carbons (Fsp3) is 0.150. The van der Waals surface area contributed by atoms with Crippen LogP contribution < -0.4 is 4.90 Å². The van der Waals surface area contributed by atoms with Gasteiger partial charge in [0.25, 0.3) is 5.91 Å². The topological polar surface area (TPSA) is 85.2 Å². The van der Waals surface area contributed by atoms with Crippen LogP contribution in [0.25, 0.3) is 10.2 Å². The van der Waals surface area contributed by atoms with Crippen molar-refractivity contribution in [2.75, 3.05) is 17.7 Å². The van der Waals surface area contributed by atoms with E-state index >= 15 is 0 Å². The van der Waals surface area contributed by atoms with Crippen molar-refractivity contribution in [1.82, 2.24) is 14.8 Å². The molecule has 0 saturated carbocycles. The van der Waals surface area contributed by atoms with Gasteiger partial charge in [-0.3, -0.25) is 14.4 Å². The number of hydrogen-bond acceptors (Lipinski definition) is 6. The maximum atomic E-state index is 13.6. The quantitative estimate of drug-likeness (QED) is 0.455. The Morgan fingerprint density at radius 3 is 2.77 bits per heavy atom. The maximum absolute atomic E-state index is 13.6. The Bertz CT molecular complexity index is 1320. The zero-order valence-corrected chi connectivity index (χ0v) is 17.5. The van der Waals surface area contributed by atoms with E-state index in [0.29, 0.717) is 21.9 Å². The molecular formula is C20H17FN4O3S2. The predicted molar refractivity (Wildman–Crippen MR) is 113 cm³/mol. The monoisotopic (exact) mass is 444 g/mol. The summed E-state index contributed by atoms with van der Waals surface area (Å²) in [6.07, 6.45) is 4.51. The molecule has 30 heavy (non-hydrogen) atoms. The molecule has 2 heterocycles. The third-order valence-electron chi connectivity index (χ3n) is 4.44. The van der Waals surface area contributed by atoms with E-state index in [1.807, 2.05) is 0 Å². The molecule has 0 spiro atoms. The van der Waals surface area contributed by atoms with Gasteiger partial charge in [-0.2, -0.15) is 5.10 Å². The first-order valence-corrected chi connectivity index (χ1v) is 11.7. The minimum Gasteiger partial charge on any atom is -0.282 e. The zero-order chi connectivity index (χ0) is 21.3. The number of carbonyl (C=O) groups is 1. The van der Waals surface area contributed by atoms with Crippen molar-refractivity contribution in [1.29, 1.82) is 0 Å². The van der Waals surface area contributed by atoms with Crippen LogP contribution in [-0.4, -0.2) is 41.9 Å². The lowest BCUT2D eigenvalue weighted by atomic mass is 10.2. The molecule has 0 unspecified atom stereocenters. The van der Waals surface area contributed by atoms with Gasteiger partial charge in [0.15, 0.2) is 15.0 Å². The molecule has 1 amide bonds. The predicted octanol–water partition coefficient (Wildman–Crippen LogP) is 3.38. The van der Waals surface area contributed by atoms with Gasteiger partial charge in [-0.25, -0.2) is 17.8 Å². The highest BCUT2D eigenvalue weighted by atomic mass is 32.2. The number of nitrogens with zero attached hydrogens (tertiary/aromatic N) is 4. The fourth-order valence-corrected chi connectivity index (χ4v) is 4.62. The van der Waals surface area contributed by atoms with E-state index in [1.165, 1.54) is 46.6 Å². The SMILES string of the molecule is CS(=O)(=O)c1cccc(C(=O)N(CCn2cccn2)c2nc3ccc(F)cc3s2)c1. The van der Waals surface area contributed by atoms with Crippen LogP contribution in [0.2, 0.25) is 0 Å². The van der Waals surface area contributed by atoms with Crippen LogP contribution in [-0.2, 0) is 16.4 Å². The van der Waals surface area contributed by atoms with Crippen molar-refractivity contribution in [3.63, 3.8) is 0 Å². The lowest BCUT2D eigenvalue weighted by Gasteiger charge is -2.20. The average molecular weight is 445 g/mol. The number of amides is 1. The van der Waals surface area contributed by atoms with E-state index in [1.54, 1.807) is 35.3 Å². The number of hydrogen-bond donors (Lipinski definition) is 0. The summed E-state index contributed by atoms with van der Waals surface area (Å²) in [7, 11) is -3.46. The van der Waals surface area contributed by atoms with Crippen molar-refractivity contribution in [3.05, 3.63) is 72.3 Å². The number of benzene rings is 2. The van der Waals surface area contributed by atoms with Gasteiger partial charge < -0.3 is 0 Å². The molecular weight excluding hydrogens is 427 g/mol. The van der Waals surface area contributed by atoms with Gasteiger partial charge >= 0.3 is 0 Å².